The maximum atomic E-state index is 13.6. The fourth-order valence-electron chi connectivity index (χ4n) is 5.72. The van der Waals surface area contributed by atoms with Crippen LogP contribution in [0.25, 0.3) is 10.9 Å². The molecule has 3 aromatic carbocycles. The summed E-state index contributed by atoms with van der Waals surface area (Å²) in [7, 11) is 1.51. The number of benzene rings is 3. The topological polar surface area (TPSA) is 132 Å². The number of ether oxygens (including phenoxy) is 1. The largest absolute Gasteiger partial charge is 0.494 e. The van der Waals surface area contributed by atoms with E-state index in [1.807, 2.05) is 30.3 Å². The van der Waals surface area contributed by atoms with Gasteiger partial charge in [-0.3, -0.25) is 29.6 Å². The van der Waals surface area contributed by atoms with E-state index in [0.29, 0.717) is 53.5 Å². The molecule has 6 rings (SSSR count). The van der Waals surface area contributed by atoms with Gasteiger partial charge in [-0.1, -0.05) is 35.9 Å². The van der Waals surface area contributed by atoms with Gasteiger partial charge in [0.2, 0.25) is 11.8 Å². The summed E-state index contributed by atoms with van der Waals surface area (Å²) in [6.45, 7) is 4.96. The lowest BCUT2D eigenvalue weighted by Crippen LogP contribution is -2.50. The second-order valence-corrected chi connectivity index (χ2v) is 11.8. The molecular weight excluding hydrogens is 639 g/mol. The van der Waals surface area contributed by atoms with Gasteiger partial charge in [0.1, 0.15) is 23.7 Å². The normalized spacial score (nSPS) is 15.9. The Balaban J connectivity index is 1.04. The first kappa shape index (κ1) is 32.8. The molecule has 14 heteroatoms. The van der Waals surface area contributed by atoms with Crippen LogP contribution in [0.4, 0.5) is 32.1 Å². The van der Waals surface area contributed by atoms with Crippen molar-refractivity contribution in [3.63, 3.8) is 0 Å². The number of aromatic nitrogens is 2. The Morgan fingerprint density at radius 2 is 1.83 bits per heavy atom. The Morgan fingerprint density at radius 3 is 2.60 bits per heavy atom. The number of rotatable bonds is 10. The minimum atomic E-state index is -0.525. The first-order valence-electron chi connectivity index (χ1n) is 15.4. The number of imide groups is 1. The van der Waals surface area contributed by atoms with Crippen LogP contribution >= 0.6 is 11.6 Å². The van der Waals surface area contributed by atoms with Gasteiger partial charge in [0.05, 0.1) is 23.3 Å². The van der Waals surface area contributed by atoms with Crippen molar-refractivity contribution in [2.24, 2.45) is 0 Å². The van der Waals surface area contributed by atoms with Gasteiger partial charge in [0.15, 0.2) is 0 Å². The summed E-state index contributed by atoms with van der Waals surface area (Å²) in [5.41, 5.74) is 3.42. The molecule has 2 saturated heterocycles. The number of methoxy groups -OCH3 is 1. The maximum Gasteiger partial charge on any atom is 0.328 e. The Kier molecular flexibility index (Phi) is 10.1. The van der Waals surface area contributed by atoms with Crippen LogP contribution in [0, 0.1) is 5.82 Å². The summed E-state index contributed by atoms with van der Waals surface area (Å²) in [4.78, 5) is 51.9. The van der Waals surface area contributed by atoms with Crippen LogP contribution in [-0.2, 0) is 16.1 Å². The van der Waals surface area contributed by atoms with Crippen molar-refractivity contribution >= 4 is 63.2 Å². The van der Waals surface area contributed by atoms with Gasteiger partial charge < -0.3 is 15.4 Å². The van der Waals surface area contributed by atoms with Crippen molar-refractivity contribution in [2.45, 2.75) is 13.0 Å². The van der Waals surface area contributed by atoms with E-state index in [-0.39, 0.29) is 29.3 Å². The highest BCUT2D eigenvalue weighted by atomic mass is 35.5. The molecule has 248 valence electrons. The SMILES string of the molecule is COc1cc2ncnc(Nc3ccc(F)c(Cl)c3)c2cc1NC(=O)/C=C/CN1CCN(Cc2ccccc2N2CCC(=O)NC2=O)CC1. The quantitative estimate of drug-likeness (QED) is 0.201. The first-order chi connectivity index (χ1) is 23.3. The zero-order chi connectivity index (χ0) is 33.6. The summed E-state index contributed by atoms with van der Waals surface area (Å²) in [6.07, 6.45) is 5.01. The second kappa shape index (κ2) is 14.8. The monoisotopic (exact) mass is 672 g/mol. The minimum absolute atomic E-state index is 0.0205. The molecule has 0 atom stereocenters. The summed E-state index contributed by atoms with van der Waals surface area (Å²) < 4.78 is 19.2. The molecule has 1 aromatic heterocycles. The third-order valence-electron chi connectivity index (χ3n) is 8.22. The molecule has 12 nitrogen and oxygen atoms in total. The van der Waals surface area contributed by atoms with Crippen LogP contribution in [0.3, 0.4) is 0 Å². The predicted molar refractivity (Wildman–Crippen MR) is 182 cm³/mol. The van der Waals surface area contributed by atoms with E-state index >= 15 is 0 Å². The molecular formula is C34H34ClFN8O4. The average molecular weight is 673 g/mol. The summed E-state index contributed by atoms with van der Waals surface area (Å²) in [5, 5.41) is 9.02. The third-order valence-corrected chi connectivity index (χ3v) is 8.51. The van der Waals surface area contributed by atoms with E-state index < -0.39 is 5.82 Å². The van der Waals surface area contributed by atoms with Gasteiger partial charge in [0, 0.05) is 81.1 Å². The minimum Gasteiger partial charge on any atom is -0.494 e. The fourth-order valence-corrected chi connectivity index (χ4v) is 5.90. The van der Waals surface area contributed by atoms with Crippen LogP contribution in [0.15, 0.2) is 73.1 Å². The summed E-state index contributed by atoms with van der Waals surface area (Å²) >= 11 is 5.94. The van der Waals surface area contributed by atoms with Gasteiger partial charge in [-0.2, -0.15) is 0 Å². The van der Waals surface area contributed by atoms with Crippen LogP contribution < -0.4 is 25.6 Å². The van der Waals surface area contributed by atoms with Crippen molar-refractivity contribution in [3.8, 4) is 5.75 Å². The number of hydrogen-bond acceptors (Lipinski definition) is 9. The van der Waals surface area contributed by atoms with Crippen LogP contribution in [0.1, 0.15) is 12.0 Å². The van der Waals surface area contributed by atoms with Crippen LogP contribution in [0.2, 0.25) is 5.02 Å². The smallest absolute Gasteiger partial charge is 0.328 e. The Labute approximate surface area is 281 Å². The standard InChI is InChI=1S/C34H34ClFN8O4/c1-48-30-19-27-24(33(38-21-37-27)39-23-8-9-26(36)25(35)17-23)18-28(30)40-31(45)7-4-11-42-13-15-43(16-14-42)20-22-5-2-3-6-29(22)44-12-10-32(46)41-34(44)47/h2-9,17-19,21H,10-16,20H2,1H3,(H,40,45)(H,37,38,39)(H,41,46,47)/b7-4+. The highest BCUT2D eigenvalue weighted by molar-refractivity contribution is 6.31. The number of nitrogens with zero attached hydrogens (tertiary/aromatic N) is 5. The summed E-state index contributed by atoms with van der Waals surface area (Å²) in [5.74, 6) is -0.206. The van der Waals surface area contributed by atoms with Crippen molar-refractivity contribution in [1.82, 2.24) is 25.1 Å². The molecule has 2 fully saturated rings. The summed E-state index contributed by atoms with van der Waals surface area (Å²) in [6, 6.07) is 15.1. The van der Waals surface area contributed by atoms with E-state index in [4.69, 9.17) is 16.3 Å². The average Bonchev–Trinajstić information content (AvgIpc) is 3.08. The van der Waals surface area contributed by atoms with Crippen molar-refractivity contribution in [2.75, 3.05) is 61.9 Å². The van der Waals surface area contributed by atoms with Gasteiger partial charge in [-0.15, -0.1) is 0 Å². The number of halogens is 2. The van der Waals surface area contributed by atoms with Crippen LogP contribution in [0.5, 0.6) is 5.75 Å². The van der Waals surface area contributed by atoms with Crippen molar-refractivity contribution in [1.29, 1.82) is 0 Å². The number of anilines is 4. The zero-order valence-corrected chi connectivity index (χ0v) is 27.0. The lowest BCUT2D eigenvalue weighted by atomic mass is 10.1. The predicted octanol–water partition coefficient (Wildman–Crippen LogP) is 4.93. The van der Waals surface area contributed by atoms with Crippen LogP contribution in [-0.4, -0.2) is 84.0 Å². The number of fused-ring (bicyclic) bond motifs is 1. The Hall–Kier alpha value is -5.11. The number of amides is 4. The maximum absolute atomic E-state index is 13.6. The molecule has 2 aliphatic heterocycles. The van der Waals surface area contributed by atoms with E-state index in [1.165, 1.54) is 31.6 Å². The third kappa shape index (κ3) is 7.71. The number of urea groups is 1. The van der Waals surface area contributed by atoms with Crippen molar-refractivity contribution < 1.29 is 23.5 Å². The molecule has 0 aliphatic carbocycles. The Morgan fingerprint density at radius 1 is 1.04 bits per heavy atom. The molecule has 3 N–H and O–H groups in total. The highest BCUT2D eigenvalue weighted by Crippen LogP contribution is 2.33. The number of hydrogen-bond donors (Lipinski definition) is 3. The molecule has 0 spiro atoms. The molecule has 0 radical (unpaired) electrons. The molecule has 4 amide bonds. The number of para-hydroxylation sites is 1. The number of piperazine rings is 1. The lowest BCUT2D eigenvalue weighted by molar-refractivity contribution is -0.120. The second-order valence-electron chi connectivity index (χ2n) is 11.4. The van der Waals surface area contributed by atoms with E-state index in [1.54, 1.807) is 23.1 Å². The van der Waals surface area contributed by atoms with Gasteiger partial charge in [-0.05, 0) is 35.9 Å². The Bertz CT molecular complexity index is 1880. The van der Waals surface area contributed by atoms with E-state index in [9.17, 15) is 18.8 Å². The van der Waals surface area contributed by atoms with Gasteiger partial charge in [0.25, 0.3) is 0 Å². The van der Waals surface area contributed by atoms with Gasteiger partial charge in [-0.25, -0.2) is 19.2 Å². The molecule has 4 aromatic rings. The van der Waals surface area contributed by atoms with E-state index in [2.05, 4.69) is 35.7 Å². The molecule has 48 heavy (non-hydrogen) atoms. The highest BCUT2D eigenvalue weighted by Gasteiger charge is 2.26. The van der Waals surface area contributed by atoms with Crippen molar-refractivity contribution in [3.05, 3.63) is 89.5 Å². The molecule has 3 heterocycles. The molecule has 2 aliphatic rings. The zero-order valence-electron chi connectivity index (χ0n) is 26.2. The molecule has 0 unspecified atom stereocenters. The first-order valence-corrected chi connectivity index (χ1v) is 15.8. The fraction of sp³-hybridized carbons (Fsp3) is 0.265. The van der Waals surface area contributed by atoms with E-state index in [0.717, 1.165) is 37.4 Å². The lowest BCUT2D eigenvalue weighted by Gasteiger charge is -2.35. The van der Waals surface area contributed by atoms with Gasteiger partial charge >= 0.3 is 6.03 Å². The number of carbonyl (C=O) groups is 3. The molecule has 0 saturated carbocycles. The number of carbonyl (C=O) groups excluding carboxylic acids is 3. The molecule has 0 bridgehead atoms. The number of nitrogens with one attached hydrogen (secondary N) is 3.